The molecule has 20 heavy (non-hydrogen) atoms. The standard InChI is InChI=1S/C14H21N3O3/c1-20-14(19)11-6-7-16-13(12(11)15)17(8-3-9-18)10-4-2-5-10/h6-7,10,18H,2-5,8-9,15H2,1H3. The van der Waals surface area contributed by atoms with Crippen LogP contribution in [0.25, 0.3) is 0 Å². The number of carbonyl (C=O) groups excluding carboxylic acids is 1. The number of hydrogen-bond acceptors (Lipinski definition) is 6. The third-order valence-corrected chi connectivity index (χ3v) is 3.72. The molecule has 0 bridgehead atoms. The number of anilines is 2. The van der Waals surface area contributed by atoms with E-state index in [0.717, 1.165) is 12.8 Å². The van der Waals surface area contributed by atoms with Crippen molar-refractivity contribution in [2.24, 2.45) is 0 Å². The number of aliphatic hydroxyl groups excluding tert-OH is 1. The van der Waals surface area contributed by atoms with Gasteiger partial charge in [0.05, 0.1) is 18.4 Å². The first kappa shape index (κ1) is 14.6. The van der Waals surface area contributed by atoms with E-state index in [4.69, 9.17) is 15.6 Å². The van der Waals surface area contributed by atoms with Crippen molar-refractivity contribution in [2.75, 3.05) is 30.9 Å². The first-order valence-electron chi connectivity index (χ1n) is 6.89. The molecule has 1 aliphatic carbocycles. The molecule has 1 heterocycles. The molecule has 0 spiro atoms. The second-order valence-corrected chi connectivity index (χ2v) is 4.94. The van der Waals surface area contributed by atoms with E-state index in [1.807, 2.05) is 0 Å². The van der Waals surface area contributed by atoms with E-state index in [0.29, 0.717) is 36.1 Å². The van der Waals surface area contributed by atoms with Crippen molar-refractivity contribution in [3.05, 3.63) is 17.8 Å². The zero-order chi connectivity index (χ0) is 14.5. The second-order valence-electron chi connectivity index (χ2n) is 4.94. The lowest BCUT2D eigenvalue weighted by atomic mass is 9.91. The predicted octanol–water partition coefficient (Wildman–Crippen LogP) is 1.19. The van der Waals surface area contributed by atoms with Gasteiger partial charge in [0.15, 0.2) is 5.82 Å². The molecule has 1 fully saturated rings. The van der Waals surface area contributed by atoms with Crippen molar-refractivity contribution in [2.45, 2.75) is 31.7 Å². The lowest BCUT2D eigenvalue weighted by molar-refractivity contribution is 0.0602. The fourth-order valence-electron chi connectivity index (χ4n) is 2.38. The largest absolute Gasteiger partial charge is 0.465 e. The van der Waals surface area contributed by atoms with Gasteiger partial charge in [-0.3, -0.25) is 0 Å². The van der Waals surface area contributed by atoms with Crippen LogP contribution < -0.4 is 10.6 Å². The van der Waals surface area contributed by atoms with Gasteiger partial charge in [-0.1, -0.05) is 0 Å². The maximum absolute atomic E-state index is 11.7. The predicted molar refractivity (Wildman–Crippen MR) is 76.7 cm³/mol. The molecule has 1 aliphatic rings. The molecule has 0 radical (unpaired) electrons. The summed E-state index contributed by atoms with van der Waals surface area (Å²) in [5.74, 6) is 0.160. The van der Waals surface area contributed by atoms with Gasteiger partial charge in [-0.2, -0.15) is 0 Å². The summed E-state index contributed by atoms with van der Waals surface area (Å²) >= 11 is 0. The number of hydrogen-bond donors (Lipinski definition) is 2. The molecule has 6 heteroatoms. The van der Waals surface area contributed by atoms with Crippen molar-refractivity contribution >= 4 is 17.5 Å². The monoisotopic (exact) mass is 279 g/mol. The van der Waals surface area contributed by atoms with Gasteiger partial charge < -0.3 is 20.5 Å². The van der Waals surface area contributed by atoms with Crippen molar-refractivity contribution < 1.29 is 14.6 Å². The van der Waals surface area contributed by atoms with E-state index in [1.54, 1.807) is 12.3 Å². The van der Waals surface area contributed by atoms with Crippen LogP contribution in [0.15, 0.2) is 12.3 Å². The molecule has 1 aromatic rings. The van der Waals surface area contributed by atoms with E-state index in [2.05, 4.69) is 9.88 Å². The Bertz CT molecular complexity index is 475. The van der Waals surface area contributed by atoms with Crippen LogP contribution in [-0.2, 0) is 4.74 Å². The van der Waals surface area contributed by atoms with E-state index in [9.17, 15) is 4.79 Å². The topological polar surface area (TPSA) is 88.7 Å². The summed E-state index contributed by atoms with van der Waals surface area (Å²) in [6.07, 6.45) is 5.60. The summed E-state index contributed by atoms with van der Waals surface area (Å²) in [5, 5.41) is 9.03. The highest BCUT2D eigenvalue weighted by atomic mass is 16.5. The first-order valence-corrected chi connectivity index (χ1v) is 6.89. The van der Waals surface area contributed by atoms with Crippen LogP contribution in [0.2, 0.25) is 0 Å². The number of ether oxygens (including phenoxy) is 1. The molecule has 0 saturated heterocycles. The summed E-state index contributed by atoms with van der Waals surface area (Å²) in [6, 6.07) is 1.96. The molecule has 6 nitrogen and oxygen atoms in total. The van der Waals surface area contributed by atoms with Crippen molar-refractivity contribution in [3.8, 4) is 0 Å². The Balaban J connectivity index is 2.29. The minimum absolute atomic E-state index is 0.125. The van der Waals surface area contributed by atoms with E-state index in [1.165, 1.54) is 13.5 Å². The van der Waals surface area contributed by atoms with Crippen molar-refractivity contribution in [3.63, 3.8) is 0 Å². The molecule has 1 saturated carbocycles. The highest BCUT2D eigenvalue weighted by Crippen LogP contribution is 2.33. The maximum Gasteiger partial charge on any atom is 0.340 e. The summed E-state index contributed by atoms with van der Waals surface area (Å²) in [4.78, 5) is 18.1. The minimum atomic E-state index is -0.457. The summed E-state index contributed by atoms with van der Waals surface area (Å²) in [6.45, 7) is 0.808. The number of aromatic nitrogens is 1. The first-order chi connectivity index (χ1) is 9.69. The normalized spacial score (nSPS) is 14.7. The van der Waals surface area contributed by atoms with Gasteiger partial charge in [-0.15, -0.1) is 0 Å². The molecule has 0 amide bonds. The number of nitrogens with zero attached hydrogens (tertiary/aromatic N) is 2. The Morgan fingerprint density at radius 3 is 2.90 bits per heavy atom. The van der Waals surface area contributed by atoms with Crippen LogP contribution in [0.1, 0.15) is 36.0 Å². The van der Waals surface area contributed by atoms with Crippen LogP contribution >= 0.6 is 0 Å². The summed E-state index contributed by atoms with van der Waals surface area (Å²) < 4.78 is 4.73. The molecular weight excluding hydrogens is 258 g/mol. The Morgan fingerprint density at radius 2 is 2.35 bits per heavy atom. The lowest BCUT2D eigenvalue weighted by Crippen LogP contribution is -2.42. The van der Waals surface area contributed by atoms with Crippen LogP contribution in [0.3, 0.4) is 0 Å². The number of esters is 1. The Labute approximate surface area is 118 Å². The molecule has 2 rings (SSSR count). The van der Waals surface area contributed by atoms with Crippen molar-refractivity contribution in [1.82, 2.24) is 4.98 Å². The average Bonchev–Trinajstić information content (AvgIpc) is 2.41. The SMILES string of the molecule is COC(=O)c1ccnc(N(CCCO)C2CCC2)c1N. The number of carbonyl (C=O) groups is 1. The van der Waals surface area contributed by atoms with Crippen LogP contribution in [0.5, 0.6) is 0 Å². The van der Waals surface area contributed by atoms with Crippen LogP contribution in [-0.4, -0.2) is 42.4 Å². The van der Waals surface area contributed by atoms with Gasteiger partial charge in [0.25, 0.3) is 0 Å². The fraction of sp³-hybridized carbons (Fsp3) is 0.571. The molecule has 3 N–H and O–H groups in total. The summed E-state index contributed by atoms with van der Waals surface area (Å²) in [7, 11) is 1.33. The highest BCUT2D eigenvalue weighted by Gasteiger charge is 2.28. The Hall–Kier alpha value is -1.82. The molecule has 110 valence electrons. The zero-order valence-electron chi connectivity index (χ0n) is 11.7. The third-order valence-electron chi connectivity index (χ3n) is 3.72. The maximum atomic E-state index is 11.7. The van der Waals surface area contributed by atoms with Gasteiger partial charge in [0, 0.05) is 25.4 Å². The number of nitrogen functional groups attached to an aromatic ring is 1. The van der Waals surface area contributed by atoms with Gasteiger partial charge in [0.1, 0.15) is 0 Å². The quantitative estimate of drug-likeness (QED) is 0.760. The highest BCUT2D eigenvalue weighted by molar-refractivity contribution is 5.97. The Morgan fingerprint density at radius 1 is 1.60 bits per heavy atom. The fourth-order valence-corrected chi connectivity index (χ4v) is 2.38. The third kappa shape index (κ3) is 2.85. The van der Waals surface area contributed by atoms with Crippen molar-refractivity contribution in [1.29, 1.82) is 0 Å². The number of methoxy groups -OCH3 is 1. The van der Waals surface area contributed by atoms with E-state index in [-0.39, 0.29) is 6.61 Å². The van der Waals surface area contributed by atoms with Crippen LogP contribution in [0, 0.1) is 0 Å². The van der Waals surface area contributed by atoms with Gasteiger partial charge in [-0.05, 0) is 31.7 Å². The number of rotatable bonds is 6. The second kappa shape index (κ2) is 6.56. The smallest absolute Gasteiger partial charge is 0.340 e. The molecule has 0 aliphatic heterocycles. The Kier molecular flexibility index (Phi) is 4.79. The summed E-state index contributed by atoms with van der Waals surface area (Å²) in [5.41, 5.74) is 6.77. The van der Waals surface area contributed by atoms with Gasteiger partial charge in [0.2, 0.25) is 0 Å². The number of pyridine rings is 1. The van der Waals surface area contributed by atoms with E-state index >= 15 is 0 Å². The average molecular weight is 279 g/mol. The van der Waals surface area contributed by atoms with Gasteiger partial charge >= 0.3 is 5.97 Å². The molecule has 0 atom stereocenters. The molecule has 0 unspecified atom stereocenters. The van der Waals surface area contributed by atoms with Crippen LogP contribution in [0.4, 0.5) is 11.5 Å². The number of aliphatic hydroxyl groups is 1. The van der Waals surface area contributed by atoms with E-state index < -0.39 is 5.97 Å². The molecular formula is C14H21N3O3. The zero-order valence-corrected chi connectivity index (χ0v) is 11.7. The molecule has 0 aromatic carbocycles. The lowest BCUT2D eigenvalue weighted by Gasteiger charge is -2.39. The van der Waals surface area contributed by atoms with Gasteiger partial charge in [-0.25, -0.2) is 9.78 Å². The number of nitrogens with two attached hydrogens (primary N) is 1. The molecule has 1 aromatic heterocycles. The minimum Gasteiger partial charge on any atom is -0.465 e.